The van der Waals surface area contributed by atoms with Crippen LogP contribution in [0.5, 0.6) is 0 Å². The molecule has 286 valence electrons. The number of para-hydroxylation sites is 3. The number of rotatable bonds is 4. The van der Waals surface area contributed by atoms with Gasteiger partial charge in [-0.3, -0.25) is 0 Å². The van der Waals surface area contributed by atoms with E-state index in [1.807, 2.05) is 0 Å². The lowest BCUT2D eigenvalue weighted by molar-refractivity contribution is -0.0399. The molecule has 2 heteroatoms. The molecule has 8 aromatic carbocycles. The van der Waals surface area contributed by atoms with Gasteiger partial charge in [-0.25, -0.2) is 0 Å². The van der Waals surface area contributed by atoms with E-state index in [1.165, 1.54) is 120 Å². The first-order valence-electron chi connectivity index (χ1n) is 22.2. The fourth-order valence-electron chi connectivity index (χ4n) is 13.7. The van der Waals surface area contributed by atoms with Crippen LogP contribution in [0.2, 0.25) is 0 Å². The summed E-state index contributed by atoms with van der Waals surface area (Å²) >= 11 is 0. The van der Waals surface area contributed by atoms with Crippen molar-refractivity contribution in [3.05, 3.63) is 193 Å². The zero-order valence-corrected chi connectivity index (χ0v) is 33.6. The van der Waals surface area contributed by atoms with Crippen LogP contribution in [-0.4, -0.2) is 9.13 Å². The third-order valence-corrected chi connectivity index (χ3v) is 15.7. The Balaban J connectivity index is 0.967. The molecule has 5 aliphatic rings. The number of aromatic nitrogens is 2. The highest BCUT2D eigenvalue weighted by molar-refractivity contribution is 6.15. The monoisotopic (exact) mass is 768 g/mol. The zero-order valence-electron chi connectivity index (χ0n) is 33.6. The van der Waals surface area contributed by atoms with Crippen molar-refractivity contribution in [1.82, 2.24) is 9.13 Å². The van der Waals surface area contributed by atoms with E-state index < -0.39 is 0 Å². The Morgan fingerprint density at radius 1 is 0.350 bits per heavy atom. The van der Waals surface area contributed by atoms with E-state index in [0.29, 0.717) is 0 Å². The van der Waals surface area contributed by atoms with Crippen LogP contribution in [-0.2, 0) is 5.41 Å². The zero-order chi connectivity index (χ0) is 39.1. The van der Waals surface area contributed by atoms with E-state index in [0.717, 1.165) is 23.7 Å². The Kier molecular flexibility index (Phi) is 6.76. The molecule has 0 unspecified atom stereocenters. The van der Waals surface area contributed by atoms with E-state index in [1.54, 1.807) is 11.1 Å². The molecule has 1 spiro atoms. The van der Waals surface area contributed by atoms with Gasteiger partial charge >= 0.3 is 0 Å². The molecule has 2 nitrogen and oxygen atoms in total. The van der Waals surface area contributed by atoms with Crippen LogP contribution in [0.25, 0.3) is 88.4 Å². The molecule has 0 saturated heterocycles. The first-order valence-corrected chi connectivity index (χ1v) is 22.2. The van der Waals surface area contributed by atoms with Gasteiger partial charge in [0.1, 0.15) is 0 Å². The van der Waals surface area contributed by atoms with Crippen molar-refractivity contribution < 1.29 is 0 Å². The second-order valence-electron chi connectivity index (χ2n) is 18.5. The first-order chi connectivity index (χ1) is 29.7. The third kappa shape index (κ3) is 4.38. The SMILES string of the molecule is c1ccc(-c2cccc(-n3c4ccccc4c4cccc(-c5ccc6c(c5)c5ccccc5n6-c5ccc6c(c5)C5(c7ccccc7-6)C6CC7CC(C6)CC5C7)c43)c2)cc1. The van der Waals surface area contributed by atoms with Gasteiger partial charge in [0.15, 0.2) is 0 Å². The van der Waals surface area contributed by atoms with Crippen molar-refractivity contribution >= 4 is 43.6 Å². The molecule has 0 radical (unpaired) electrons. The molecule has 0 N–H and O–H groups in total. The summed E-state index contributed by atoms with van der Waals surface area (Å²) in [7, 11) is 0. The highest BCUT2D eigenvalue weighted by Crippen LogP contribution is 2.69. The predicted octanol–water partition coefficient (Wildman–Crippen LogP) is 14.9. The Morgan fingerprint density at radius 2 is 0.950 bits per heavy atom. The van der Waals surface area contributed by atoms with Crippen LogP contribution >= 0.6 is 0 Å². The van der Waals surface area contributed by atoms with Crippen LogP contribution in [0.4, 0.5) is 0 Å². The van der Waals surface area contributed by atoms with Crippen LogP contribution < -0.4 is 0 Å². The summed E-state index contributed by atoms with van der Waals surface area (Å²) in [6, 6.07) is 68.8. The molecule has 60 heavy (non-hydrogen) atoms. The molecule has 10 aromatic rings. The maximum atomic E-state index is 2.64. The second kappa shape index (κ2) is 12.2. The number of hydrogen-bond donors (Lipinski definition) is 0. The topological polar surface area (TPSA) is 9.86 Å². The third-order valence-electron chi connectivity index (χ3n) is 15.7. The largest absolute Gasteiger partial charge is 0.309 e. The average Bonchev–Trinajstić information content (AvgIpc) is 3.92. The maximum Gasteiger partial charge on any atom is 0.0619 e. The average molecular weight is 769 g/mol. The highest BCUT2D eigenvalue weighted by Gasteiger charge is 2.61. The summed E-state index contributed by atoms with van der Waals surface area (Å²) in [6.07, 6.45) is 7.06. The summed E-state index contributed by atoms with van der Waals surface area (Å²) in [5, 5.41) is 5.13. The normalized spacial score (nSPS) is 22.4. The van der Waals surface area contributed by atoms with Gasteiger partial charge in [0.2, 0.25) is 0 Å². The fraction of sp³-hybridized carbons (Fsp3) is 0.172. The Bertz CT molecular complexity index is 3370. The van der Waals surface area contributed by atoms with Crippen molar-refractivity contribution in [3.63, 3.8) is 0 Å². The van der Waals surface area contributed by atoms with E-state index in [2.05, 4.69) is 191 Å². The minimum Gasteiger partial charge on any atom is -0.309 e. The number of fused-ring (bicyclic) bond motifs is 9. The maximum absolute atomic E-state index is 2.64. The van der Waals surface area contributed by atoms with Gasteiger partial charge in [-0.05, 0) is 143 Å². The molecular weight excluding hydrogens is 725 g/mol. The Labute approximate surface area is 350 Å². The van der Waals surface area contributed by atoms with E-state index in [9.17, 15) is 0 Å². The molecular formula is C58H44N2. The molecule has 4 saturated carbocycles. The molecule has 4 fully saturated rings. The molecule has 2 aromatic heterocycles. The van der Waals surface area contributed by atoms with Gasteiger partial charge in [0.25, 0.3) is 0 Å². The quantitative estimate of drug-likeness (QED) is 0.169. The van der Waals surface area contributed by atoms with Crippen molar-refractivity contribution in [1.29, 1.82) is 0 Å². The summed E-state index contributed by atoms with van der Waals surface area (Å²) in [6.45, 7) is 0. The van der Waals surface area contributed by atoms with Gasteiger partial charge in [-0.2, -0.15) is 0 Å². The predicted molar refractivity (Wildman–Crippen MR) is 249 cm³/mol. The van der Waals surface area contributed by atoms with Crippen molar-refractivity contribution in [2.24, 2.45) is 23.7 Å². The lowest BCUT2D eigenvalue weighted by Crippen LogP contribution is -2.55. The smallest absolute Gasteiger partial charge is 0.0619 e. The lowest BCUT2D eigenvalue weighted by Gasteiger charge is -2.61. The van der Waals surface area contributed by atoms with Crippen molar-refractivity contribution in [3.8, 4) is 44.8 Å². The molecule has 0 atom stereocenters. The van der Waals surface area contributed by atoms with Crippen LogP contribution in [0.3, 0.4) is 0 Å². The van der Waals surface area contributed by atoms with Crippen molar-refractivity contribution in [2.45, 2.75) is 37.5 Å². The van der Waals surface area contributed by atoms with E-state index in [-0.39, 0.29) is 5.41 Å². The van der Waals surface area contributed by atoms with E-state index >= 15 is 0 Å². The standard InChI is InChI=1S/C58H44N2/c1-2-12-38(13-3-1)39-14-10-15-43(33-39)60-55-23-9-5-17-48(55)50-20-11-19-45(57(50)60)40-24-27-56-51(34-40)49-18-6-8-22-54(49)59(56)44-25-26-47-46-16-4-7-21-52(46)58(53(47)35-44)41-29-36-28-37(31-41)32-42(58)30-36/h1-27,33-37,41-42H,28-32H2. The minimum absolute atomic E-state index is 0.138. The molecule has 0 aliphatic heterocycles. The summed E-state index contributed by atoms with van der Waals surface area (Å²) in [5.41, 5.74) is 18.7. The number of nitrogens with zero attached hydrogens (tertiary/aromatic N) is 2. The summed E-state index contributed by atoms with van der Waals surface area (Å²) in [5.74, 6) is 3.34. The molecule has 4 bridgehead atoms. The van der Waals surface area contributed by atoms with Gasteiger partial charge in [-0.15, -0.1) is 0 Å². The minimum atomic E-state index is 0.138. The van der Waals surface area contributed by atoms with Gasteiger partial charge in [-0.1, -0.05) is 133 Å². The lowest BCUT2D eigenvalue weighted by atomic mass is 9.43. The van der Waals surface area contributed by atoms with Crippen molar-refractivity contribution in [2.75, 3.05) is 0 Å². The summed E-state index contributed by atoms with van der Waals surface area (Å²) < 4.78 is 5.05. The van der Waals surface area contributed by atoms with Gasteiger partial charge < -0.3 is 9.13 Å². The first kappa shape index (κ1) is 33.2. The second-order valence-corrected chi connectivity index (χ2v) is 18.5. The molecule has 2 heterocycles. The number of hydrogen-bond acceptors (Lipinski definition) is 0. The Hall–Kier alpha value is -6.64. The molecule has 5 aliphatic carbocycles. The van der Waals surface area contributed by atoms with Crippen LogP contribution in [0.15, 0.2) is 182 Å². The molecule has 0 amide bonds. The molecule has 15 rings (SSSR count). The summed E-state index contributed by atoms with van der Waals surface area (Å²) in [4.78, 5) is 0. The van der Waals surface area contributed by atoms with Gasteiger partial charge in [0.05, 0.1) is 22.1 Å². The van der Waals surface area contributed by atoms with Crippen LogP contribution in [0.1, 0.15) is 43.2 Å². The highest BCUT2D eigenvalue weighted by atomic mass is 15.0. The number of benzene rings is 8. The van der Waals surface area contributed by atoms with E-state index in [4.69, 9.17) is 0 Å². The van der Waals surface area contributed by atoms with Crippen LogP contribution in [0, 0.1) is 23.7 Å². The Morgan fingerprint density at radius 3 is 1.77 bits per heavy atom. The van der Waals surface area contributed by atoms with Gasteiger partial charge in [0, 0.05) is 43.9 Å². The fourth-order valence-corrected chi connectivity index (χ4v) is 13.7.